The van der Waals surface area contributed by atoms with Crippen molar-refractivity contribution in [3.05, 3.63) is 94.9 Å². The van der Waals surface area contributed by atoms with Crippen molar-refractivity contribution in [1.82, 2.24) is 0 Å². The van der Waals surface area contributed by atoms with Crippen LogP contribution in [0.4, 0.5) is 4.39 Å². The molecule has 2 fully saturated rings. The van der Waals surface area contributed by atoms with Crippen molar-refractivity contribution in [3.63, 3.8) is 0 Å². The fourth-order valence-corrected chi connectivity index (χ4v) is 8.43. The second-order valence-electron chi connectivity index (χ2n) is 15.7. The topological polar surface area (TPSA) is 127 Å². The van der Waals surface area contributed by atoms with Crippen molar-refractivity contribution in [1.29, 1.82) is 0 Å². The molecule has 0 radical (unpaired) electrons. The first-order valence-electron chi connectivity index (χ1n) is 19.1. The Balaban J connectivity index is 1.40. The van der Waals surface area contributed by atoms with Crippen LogP contribution in [0.3, 0.4) is 0 Å². The first-order chi connectivity index (χ1) is 25.6. The average Bonchev–Trinajstić information content (AvgIpc) is 3.47. The number of fused-ring (bicyclic) bond motifs is 2. The summed E-state index contributed by atoms with van der Waals surface area (Å²) in [6.07, 6.45) is 11.0. The molecule has 4 heterocycles. The van der Waals surface area contributed by atoms with Crippen LogP contribution in [0.2, 0.25) is 0 Å². The summed E-state index contributed by atoms with van der Waals surface area (Å²) in [6.45, 7) is 13.3. The maximum absolute atomic E-state index is 14.5. The number of ether oxygens (including phenoxy) is 6. The lowest BCUT2D eigenvalue weighted by Gasteiger charge is -2.48. The molecule has 1 spiro atoms. The van der Waals surface area contributed by atoms with Gasteiger partial charge in [-0.05, 0) is 73.2 Å². The lowest BCUT2D eigenvalue weighted by atomic mass is 9.70. The Hall–Kier alpha value is -3.90. The largest absolute Gasteiger partial charge is 0.462 e. The molecule has 1 N–H and O–H groups in total. The minimum absolute atomic E-state index is 0.0576. The predicted molar refractivity (Wildman–Crippen MR) is 197 cm³/mol. The highest BCUT2D eigenvalue weighted by Gasteiger charge is 2.61. The lowest BCUT2D eigenvalue weighted by molar-refractivity contribution is -0.300. The van der Waals surface area contributed by atoms with E-state index in [1.165, 1.54) is 19.1 Å². The van der Waals surface area contributed by atoms with Crippen molar-refractivity contribution in [2.75, 3.05) is 6.61 Å². The third-order valence-electron chi connectivity index (χ3n) is 11.6. The molecule has 54 heavy (non-hydrogen) atoms. The van der Waals surface area contributed by atoms with Gasteiger partial charge in [-0.15, -0.1) is 0 Å². The van der Waals surface area contributed by atoms with Gasteiger partial charge in [0.1, 0.15) is 35.6 Å². The quantitative estimate of drug-likeness (QED) is 0.194. The van der Waals surface area contributed by atoms with Crippen molar-refractivity contribution in [2.45, 2.75) is 122 Å². The van der Waals surface area contributed by atoms with Crippen molar-refractivity contribution in [3.8, 4) is 0 Å². The molecule has 2 bridgehead atoms. The zero-order valence-electron chi connectivity index (χ0n) is 32.2. The number of rotatable bonds is 5. The van der Waals surface area contributed by atoms with Crippen LogP contribution in [0.25, 0.3) is 0 Å². The van der Waals surface area contributed by atoms with Crippen LogP contribution in [0.15, 0.2) is 83.5 Å². The van der Waals surface area contributed by atoms with E-state index >= 15 is 0 Å². The molecular weight excluding hydrogens is 695 g/mol. The summed E-state index contributed by atoms with van der Waals surface area (Å²) >= 11 is 0. The molecule has 1 aromatic carbocycles. The molecule has 5 aliphatic rings. The Morgan fingerprint density at radius 2 is 1.76 bits per heavy atom. The number of hydrogen-bond donors (Lipinski definition) is 1. The van der Waals surface area contributed by atoms with Gasteiger partial charge in [0, 0.05) is 31.6 Å². The summed E-state index contributed by atoms with van der Waals surface area (Å²) in [5.41, 5.74) is -0.109. The molecule has 0 aromatic heterocycles. The van der Waals surface area contributed by atoms with Gasteiger partial charge in [0.25, 0.3) is 0 Å². The van der Waals surface area contributed by atoms with E-state index in [2.05, 4.69) is 26.8 Å². The van der Waals surface area contributed by atoms with Crippen LogP contribution < -0.4 is 0 Å². The van der Waals surface area contributed by atoms with Crippen LogP contribution in [0.1, 0.15) is 84.5 Å². The van der Waals surface area contributed by atoms with Gasteiger partial charge in [-0.3, -0.25) is 9.59 Å². The monoisotopic (exact) mass is 748 g/mol. The standard InChI is InChI=1S/C43H53FO10/c1-8-24(2)37-27(5)18-19-42(54-37)22-34-21-33(53-42)17-12-26(4)36(50-29(7)45)25(3)10-9-11-31-23-49-39-38(52-40(46)30-13-15-32(44)16-14-30)28(6)20-35(41(47)51-34)43(31,39)48/h9-16,18-20,24-25,27,33-39,48H,8,17,21-23H2,1-7H3/b10-9+,26-12+,31-11+/t24-,25-,27-,33+,34-,35-,36-,37+,38+,39+,42+,43+/m0/s1. The number of hydrogen-bond acceptors (Lipinski definition) is 10. The van der Waals surface area contributed by atoms with E-state index in [9.17, 15) is 23.9 Å². The normalized spacial score (nSPS) is 39.8. The summed E-state index contributed by atoms with van der Waals surface area (Å²) in [7, 11) is 0. The van der Waals surface area contributed by atoms with Gasteiger partial charge in [-0.1, -0.05) is 70.6 Å². The number of esters is 3. The smallest absolute Gasteiger partial charge is 0.338 e. The Kier molecular flexibility index (Phi) is 11.8. The maximum Gasteiger partial charge on any atom is 0.338 e. The second-order valence-corrected chi connectivity index (χ2v) is 15.7. The Bertz CT molecular complexity index is 1740. The summed E-state index contributed by atoms with van der Waals surface area (Å²) in [6, 6.07) is 4.96. The van der Waals surface area contributed by atoms with Gasteiger partial charge in [0.05, 0.1) is 24.4 Å². The first-order valence-corrected chi connectivity index (χ1v) is 19.1. The molecule has 0 amide bonds. The fourth-order valence-electron chi connectivity index (χ4n) is 8.43. The molecule has 0 unspecified atom stereocenters. The molecule has 1 aromatic rings. The van der Waals surface area contributed by atoms with E-state index in [0.717, 1.165) is 24.1 Å². The minimum Gasteiger partial charge on any atom is -0.462 e. The summed E-state index contributed by atoms with van der Waals surface area (Å²) < 4.78 is 51.4. The van der Waals surface area contributed by atoms with E-state index in [1.807, 2.05) is 32.1 Å². The van der Waals surface area contributed by atoms with Crippen LogP contribution in [0.5, 0.6) is 0 Å². The Labute approximate surface area is 317 Å². The molecule has 4 aliphatic heterocycles. The highest BCUT2D eigenvalue weighted by molar-refractivity contribution is 5.89. The molecule has 0 saturated carbocycles. The SMILES string of the molecule is CC[C@H](C)[C@H]1O[C@]2(C=C[C@@H]1C)C[C@@H]1C[C@@H](C/C=C(\C)[C@@H](OC(C)=O)[C@@H](C)/C=C/C=C3\CO[C@@H]4[C@H](OC(=O)c5ccc(F)cc5)C(C)=C[C@@H](C(=O)O1)[C@]34O)O2. The minimum atomic E-state index is -1.96. The molecule has 1 aliphatic carbocycles. The number of carbonyl (C=O) groups is 3. The molecular formula is C43H53FO10. The molecule has 10 nitrogen and oxygen atoms in total. The van der Waals surface area contributed by atoms with E-state index in [0.29, 0.717) is 24.0 Å². The highest BCUT2D eigenvalue weighted by Crippen LogP contribution is 2.48. The van der Waals surface area contributed by atoms with Crippen molar-refractivity contribution in [2.24, 2.45) is 23.7 Å². The summed E-state index contributed by atoms with van der Waals surface area (Å²) in [4.78, 5) is 40.0. The molecule has 6 rings (SSSR count). The Morgan fingerprint density at radius 1 is 1.02 bits per heavy atom. The molecule has 11 heteroatoms. The van der Waals surface area contributed by atoms with Gasteiger partial charge < -0.3 is 33.5 Å². The van der Waals surface area contributed by atoms with Crippen LogP contribution >= 0.6 is 0 Å². The van der Waals surface area contributed by atoms with Crippen molar-refractivity contribution < 1.29 is 52.3 Å². The van der Waals surface area contributed by atoms with Gasteiger partial charge in [-0.25, -0.2) is 9.18 Å². The van der Waals surface area contributed by atoms with Gasteiger partial charge in [0.15, 0.2) is 11.9 Å². The van der Waals surface area contributed by atoms with Gasteiger partial charge in [-0.2, -0.15) is 0 Å². The number of allylic oxidation sites excluding steroid dienone is 2. The number of aliphatic hydroxyl groups is 1. The van der Waals surface area contributed by atoms with Crippen molar-refractivity contribution >= 4 is 17.9 Å². The summed E-state index contributed by atoms with van der Waals surface area (Å²) in [5.74, 6) is -4.52. The maximum atomic E-state index is 14.5. The fraction of sp³-hybridized carbons (Fsp3) is 0.558. The van der Waals surface area contributed by atoms with Crippen LogP contribution in [-0.4, -0.2) is 77.6 Å². The number of carbonyl (C=O) groups excluding carboxylic acids is 3. The molecule has 292 valence electrons. The number of halogens is 1. The average molecular weight is 749 g/mol. The van der Waals surface area contributed by atoms with E-state index in [1.54, 1.807) is 25.2 Å². The Morgan fingerprint density at radius 3 is 2.46 bits per heavy atom. The van der Waals surface area contributed by atoms with E-state index in [-0.39, 0.29) is 42.4 Å². The highest BCUT2D eigenvalue weighted by atomic mass is 19.1. The van der Waals surface area contributed by atoms with Crippen LogP contribution in [-0.2, 0) is 38.0 Å². The first kappa shape index (κ1) is 39.8. The third-order valence-corrected chi connectivity index (χ3v) is 11.6. The van der Waals surface area contributed by atoms with Gasteiger partial charge in [0.2, 0.25) is 0 Å². The predicted octanol–water partition coefficient (Wildman–Crippen LogP) is 6.88. The van der Waals surface area contributed by atoms with E-state index in [4.69, 9.17) is 28.4 Å². The van der Waals surface area contributed by atoms with Gasteiger partial charge >= 0.3 is 17.9 Å². The van der Waals surface area contributed by atoms with Crippen LogP contribution in [0, 0.1) is 29.5 Å². The van der Waals surface area contributed by atoms with E-state index < -0.39 is 71.6 Å². The number of benzene rings is 1. The molecule has 2 saturated heterocycles. The zero-order chi connectivity index (χ0) is 38.9. The summed E-state index contributed by atoms with van der Waals surface area (Å²) in [5, 5.41) is 12.7. The third kappa shape index (κ3) is 8.05. The lowest BCUT2D eigenvalue weighted by Crippen LogP contribution is -2.59. The molecule has 12 atom stereocenters. The second kappa shape index (κ2) is 16.1. The zero-order valence-corrected chi connectivity index (χ0v) is 32.2.